The van der Waals surface area contributed by atoms with Crippen LogP contribution in [0.25, 0.3) is 0 Å². The van der Waals surface area contributed by atoms with Crippen LogP contribution in [0.2, 0.25) is 0 Å². The predicted octanol–water partition coefficient (Wildman–Crippen LogP) is 1.00. The third kappa shape index (κ3) is 3.54. The van der Waals surface area contributed by atoms with Gasteiger partial charge in [-0.1, -0.05) is 12.0 Å². The first-order chi connectivity index (χ1) is 6.33. The van der Waals surface area contributed by atoms with Gasteiger partial charge in [0.05, 0.1) is 6.54 Å². The van der Waals surface area contributed by atoms with E-state index in [0.29, 0.717) is 17.5 Å². The van der Waals surface area contributed by atoms with Crippen molar-refractivity contribution < 1.29 is 0 Å². The summed E-state index contributed by atoms with van der Waals surface area (Å²) in [5.41, 5.74) is 0. The Morgan fingerprint density at radius 1 is 1.62 bits per heavy atom. The van der Waals surface area contributed by atoms with Crippen LogP contribution in [-0.4, -0.2) is 16.6 Å². The van der Waals surface area contributed by atoms with Crippen molar-refractivity contribution in [3.05, 3.63) is 24.4 Å². The van der Waals surface area contributed by atoms with E-state index in [1.807, 2.05) is 18.2 Å². The van der Waals surface area contributed by atoms with E-state index in [4.69, 9.17) is 18.6 Å². The van der Waals surface area contributed by atoms with E-state index in [2.05, 4.69) is 21.5 Å². The van der Waals surface area contributed by atoms with Crippen molar-refractivity contribution in [1.29, 1.82) is 0 Å². The molecule has 0 aromatic carbocycles. The molecule has 0 fully saturated rings. The molecule has 0 aliphatic rings. The monoisotopic (exact) mass is 191 g/mol. The lowest BCUT2D eigenvalue weighted by Crippen LogP contribution is -2.28. The van der Waals surface area contributed by atoms with Gasteiger partial charge in [0.25, 0.3) is 0 Å². The van der Waals surface area contributed by atoms with E-state index < -0.39 is 0 Å². The molecule has 1 aromatic heterocycles. The number of hydrogen-bond acceptors (Lipinski definition) is 2. The van der Waals surface area contributed by atoms with Crippen molar-refractivity contribution in [3.63, 3.8) is 0 Å². The summed E-state index contributed by atoms with van der Waals surface area (Å²) in [7, 11) is 0. The fourth-order valence-corrected chi connectivity index (χ4v) is 0.905. The first-order valence-corrected chi connectivity index (χ1v) is 4.13. The summed E-state index contributed by atoms with van der Waals surface area (Å²) < 4.78 is 0. The summed E-state index contributed by atoms with van der Waals surface area (Å²) in [6.07, 6.45) is 6.74. The number of nitrogens with one attached hydrogen (secondary N) is 2. The Hall–Kier alpha value is -1.60. The number of nitrogens with zero attached hydrogens (tertiary/aromatic N) is 1. The molecule has 0 aliphatic carbocycles. The molecule has 0 aliphatic heterocycles. The highest BCUT2D eigenvalue weighted by molar-refractivity contribution is 7.80. The summed E-state index contributed by atoms with van der Waals surface area (Å²) in [6, 6.07) is 5.53. The highest BCUT2D eigenvalue weighted by atomic mass is 32.1. The van der Waals surface area contributed by atoms with Crippen LogP contribution in [-0.2, 0) is 0 Å². The van der Waals surface area contributed by atoms with Crippen molar-refractivity contribution in [2.24, 2.45) is 0 Å². The lowest BCUT2D eigenvalue weighted by atomic mass is 10.5. The maximum Gasteiger partial charge on any atom is 0.172 e. The van der Waals surface area contributed by atoms with Crippen LogP contribution >= 0.6 is 12.2 Å². The lowest BCUT2D eigenvalue weighted by Gasteiger charge is -2.06. The average Bonchev–Trinajstić information content (AvgIpc) is 2.16. The van der Waals surface area contributed by atoms with E-state index in [1.54, 1.807) is 6.20 Å². The first kappa shape index (κ1) is 9.49. The van der Waals surface area contributed by atoms with E-state index in [-0.39, 0.29) is 0 Å². The maximum absolute atomic E-state index is 5.05. The van der Waals surface area contributed by atoms with Gasteiger partial charge in [0.15, 0.2) is 5.11 Å². The zero-order chi connectivity index (χ0) is 9.52. The topological polar surface area (TPSA) is 37.0 Å². The second-order valence-electron chi connectivity index (χ2n) is 2.23. The Balaban J connectivity index is 2.42. The Bertz CT molecular complexity index is 315. The molecule has 1 rings (SSSR count). The number of thiocarbonyl (C=S) groups is 1. The number of terminal acetylenes is 1. The van der Waals surface area contributed by atoms with Crippen molar-refractivity contribution in [2.75, 3.05) is 11.9 Å². The van der Waals surface area contributed by atoms with Crippen LogP contribution in [0.15, 0.2) is 24.4 Å². The number of anilines is 1. The zero-order valence-electron chi connectivity index (χ0n) is 6.95. The minimum absolute atomic E-state index is 0.415. The lowest BCUT2D eigenvalue weighted by molar-refractivity contribution is 1.08. The van der Waals surface area contributed by atoms with Gasteiger partial charge in [-0.05, 0) is 24.4 Å². The number of aromatic nitrogens is 1. The normalized spacial score (nSPS) is 8.54. The predicted molar refractivity (Wildman–Crippen MR) is 57.3 cm³/mol. The molecule has 13 heavy (non-hydrogen) atoms. The highest BCUT2D eigenvalue weighted by Crippen LogP contribution is 1.98. The molecule has 66 valence electrons. The van der Waals surface area contributed by atoms with Gasteiger partial charge in [-0.3, -0.25) is 0 Å². The number of hydrogen-bond donors (Lipinski definition) is 2. The molecule has 0 spiro atoms. The molecule has 1 heterocycles. The molecule has 1 aromatic rings. The Kier molecular flexibility index (Phi) is 3.74. The van der Waals surface area contributed by atoms with Gasteiger partial charge in [-0.15, -0.1) is 6.42 Å². The minimum Gasteiger partial charge on any atom is -0.352 e. The fourth-order valence-electron chi connectivity index (χ4n) is 0.729. The molecule has 0 saturated heterocycles. The minimum atomic E-state index is 0.415. The second kappa shape index (κ2) is 5.12. The highest BCUT2D eigenvalue weighted by Gasteiger charge is 1.94. The van der Waals surface area contributed by atoms with Crippen LogP contribution in [0.5, 0.6) is 0 Å². The molecule has 0 saturated carbocycles. The van der Waals surface area contributed by atoms with Gasteiger partial charge in [-0.25, -0.2) is 4.98 Å². The molecule has 0 unspecified atom stereocenters. The van der Waals surface area contributed by atoms with Crippen LogP contribution < -0.4 is 10.6 Å². The third-order valence-corrected chi connectivity index (χ3v) is 1.50. The molecule has 0 bridgehead atoms. The van der Waals surface area contributed by atoms with Crippen molar-refractivity contribution in [1.82, 2.24) is 10.3 Å². The Morgan fingerprint density at radius 3 is 3.08 bits per heavy atom. The number of rotatable bonds is 2. The standard InChI is InChI=1S/C9H9N3S/c1-2-6-11-9(13)12-8-5-3-4-7-10-8/h1,3-5,7H,6H2,(H2,10,11,12,13). The van der Waals surface area contributed by atoms with Crippen molar-refractivity contribution in [2.45, 2.75) is 0 Å². The Morgan fingerprint density at radius 2 is 2.46 bits per heavy atom. The molecule has 3 nitrogen and oxygen atoms in total. The number of pyridine rings is 1. The van der Waals surface area contributed by atoms with Gasteiger partial charge in [0, 0.05) is 6.20 Å². The van der Waals surface area contributed by atoms with Gasteiger partial charge in [-0.2, -0.15) is 0 Å². The van der Waals surface area contributed by atoms with Crippen LogP contribution in [0, 0.1) is 12.3 Å². The molecule has 4 heteroatoms. The van der Waals surface area contributed by atoms with Crippen LogP contribution in [0.1, 0.15) is 0 Å². The summed E-state index contributed by atoms with van der Waals surface area (Å²) >= 11 is 4.94. The van der Waals surface area contributed by atoms with Gasteiger partial charge < -0.3 is 10.6 Å². The first-order valence-electron chi connectivity index (χ1n) is 3.72. The van der Waals surface area contributed by atoms with E-state index >= 15 is 0 Å². The van der Waals surface area contributed by atoms with Crippen LogP contribution in [0.3, 0.4) is 0 Å². The van der Waals surface area contributed by atoms with Gasteiger partial charge >= 0.3 is 0 Å². The third-order valence-electron chi connectivity index (χ3n) is 1.26. The SMILES string of the molecule is C#CCNC(=S)Nc1ccccn1. The molecule has 0 atom stereocenters. The maximum atomic E-state index is 5.05. The quantitative estimate of drug-likeness (QED) is 0.540. The Labute approximate surface area is 82.6 Å². The summed E-state index contributed by atoms with van der Waals surface area (Å²) in [5.74, 6) is 3.13. The smallest absolute Gasteiger partial charge is 0.172 e. The molecule has 0 radical (unpaired) electrons. The van der Waals surface area contributed by atoms with E-state index in [1.165, 1.54) is 0 Å². The summed E-state index contributed by atoms with van der Waals surface area (Å²) in [4.78, 5) is 4.04. The summed E-state index contributed by atoms with van der Waals surface area (Å²) in [5, 5.41) is 6.20. The van der Waals surface area contributed by atoms with Gasteiger partial charge in [0.1, 0.15) is 5.82 Å². The van der Waals surface area contributed by atoms with E-state index in [9.17, 15) is 0 Å². The summed E-state index contributed by atoms with van der Waals surface area (Å²) in [6.45, 7) is 0.415. The van der Waals surface area contributed by atoms with Crippen molar-refractivity contribution >= 4 is 23.1 Å². The average molecular weight is 191 g/mol. The fraction of sp³-hybridized carbons (Fsp3) is 0.111. The molecular formula is C9H9N3S. The molecule has 2 N–H and O–H groups in total. The van der Waals surface area contributed by atoms with Crippen LogP contribution in [0.4, 0.5) is 5.82 Å². The van der Waals surface area contributed by atoms with Gasteiger partial charge in [0.2, 0.25) is 0 Å². The van der Waals surface area contributed by atoms with E-state index in [0.717, 1.165) is 0 Å². The largest absolute Gasteiger partial charge is 0.352 e. The second-order valence-corrected chi connectivity index (χ2v) is 2.64. The zero-order valence-corrected chi connectivity index (χ0v) is 7.77. The molecule has 0 amide bonds. The molecular weight excluding hydrogens is 182 g/mol. The van der Waals surface area contributed by atoms with Crippen molar-refractivity contribution in [3.8, 4) is 12.3 Å².